The predicted molar refractivity (Wildman–Crippen MR) is 96.7 cm³/mol. The Morgan fingerprint density at radius 3 is 2.35 bits per heavy atom. The molecule has 0 aliphatic heterocycles. The second-order valence-electron chi connectivity index (χ2n) is 7.25. The summed E-state index contributed by atoms with van der Waals surface area (Å²) < 4.78 is 31.4. The smallest absolute Gasteiger partial charge is 0.229 e. The van der Waals surface area contributed by atoms with Gasteiger partial charge in [-0.05, 0) is 35.8 Å². The minimum Gasteiger partial charge on any atom is -0.506 e. The second kappa shape index (κ2) is 6.80. The SMILES string of the molecule is CC(C)(C)[Si](C)(C)OC(CN)c1ccc(O)c(NS(C)(=O)=O)c1. The topological polar surface area (TPSA) is 102 Å². The number of phenolic OH excluding ortho intramolecular Hbond substituents is 1. The monoisotopic (exact) mass is 360 g/mol. The van der Waals surface area contributed by atoms with Crippen LogP contribution in [0.25, 0.3) is 0 Å². The number of benzene rings is 1. The molecule has 0 spiro atoms. The van der Waals surface area contributed by atoms with Crippen LogP contribution in [-0.4, -0.2) is 34.6 Å². The van der Waals surface area contributed by atoms with Gasteiger partial charge in [0.05, 0.1) is 18.0 Å². The zero-order chi connectivity index (χ0) is 18.1. The Hall–Kier alpha value is -1.09. The Bertz CT molecular complexity index is 654. The number of anilines is 1. The number of phenols is 1. The van der Waals surface area contributed by atoms with E-state index in [1.165, 1.54) is 6.07 Å². The van der Waals surface area contributed by atoms with E-state index in [1.54, 1.807) is 12.1 Å². The molecular weight excluding hydrogens is 332 g/mol. The summed E-state index contributed by atoms with van der Waals surface area (Å²) >= 11 is 0. The summed E-state index contributed by atoms with van der Waals surface area (Å²) in [5, 5.41) is 9.86. The summed E-state index contributed by atoms with van der Waals surface area (Å²) in [6, 6.07) is 4.72. The van der Waals surface area contributed by atoms with Crippen molar-refractivity contribution in [3.8, 4) is 5.75 Å². The van der Waals surface area contributed by atoms with Crippen LogP contribution in [0.1, 0.15) is 32.4 Å². The Morgan fingerprint density at radius 2 is 1.91 bits per heavy atom. The van der Waals surface area contributed by atoms with Gasteiger partial charge in [0.1, 0.15) is 5.75 Å². The first-order valence-corrected chi connectivity index (χ1v) is 12.3. The standard InChI is InChI=1S/C15H28N2O4SSi/c1-15(2,3)23(5,6)21-14(10-16)11-7-8-13(18)12(9-11)17-22(4,19)20/h7-9,14,17-18H,10,16H2,1-6H3. The molecule has 0 aliphatic carbocycles. The zero-order valence-electron chi connectivity index (χ0n) is 14.7. The van der Waals surface area contributed by atoms with Crippen molar-refractivity contribution in [2.45, 2.75) is 45.0 Å². The third kappa shape index (κ3) is 5.49. The number of hydrogen-bond acceptors (Lipinski definition) is 5. The average molecular weight is 361 g/mol. The van der Waals surface area contributed by atoms with Crippen molar-refractivity contribution in [2.75, 3.05) is 17.5 Å². The lowest BCUT2D eigenvalue weighted by atomic mass is 10.1. The predicted octanol–water partition coefficient (Wildman–Crippen LogP) is 2.79. The van der Waals surface area contributed by atoms with Crippen LogP contribution in [0.2, 0.25) is 18.1 Å². The Labute approximate surface area is 140 Å². The van der Waals surface area contributed by atoms with Gasteiger partial charge in [-0.3, -0.25) is 4.72 Å². The van der Waals surface area contributed by atoms with Gasteiger partial charge in [0.2, 0.25) is 10.0 Å². The van der Waals surface area contributed by atoms with E-state index in [0.29, 0.717) is 0 Å². The van der Waals surface area contributed by atoms with Gasteiger partial charge in [0.25, 0.3) is 0 Å². The maximum atomic E-state index is 11.4. The molecule has 0 bridgehead atoms. The molecule has 0 aromatic heterocycles. The third-order valence-electron chi connectivity index (χ3n) is 4.14. The number of nitrogens with one attached hydrogen (secondary N) is 1. The van der Waals surface area contributed by atoms with E-state index in [9.17, 15) is 13.5 Å². The second-order valence-corrected chi connectivity index (χ2v) is 13.8. The molecule has 1 aromatic carbocycles. The number of aromatic hydroxyl groups is 1. The van der Waals surface area contributed by atoms with Crippen LogP contribution >= 0.6 is 0 Å². The van der Waals surface area contributed by atoms with Gasteiger partial charge in [0, 0.05) is 6.54 Å². The first kappa shape index (κ1) is 20.0. The van der Waals surface area contributed by atoms with Crippen molar-refractivity contribution < 1.29 is 18.0 Å². The van der Waals surface area contributed by atoms with E-state index in [4.69, 9.17) is 10.2 Å². The molecule has 132 valence electrons. The largest absolute Gasteiger partial charge is 0.506 e. The first-order chi connectivity index (χ1) is 10.3. The fraction of sp³-hybridized carbons (Fsp3) is 0.600. The molecule has 0 saturated carbocycles. The molecule has 1 atom stereocenters. The van der Waals surface area contributed by atoms with Crippen molar-refractivity contribution in [3.05, 3.63) is 23.8 Å². The molecule has 0 fully saturated rings. The molecule has 23 heavy (non-hydrogen) atoms. The molecule has 8 heteroatoms. The summed E-state index contributed by atoms with van der Waals surface area (Å²) in [6.45, 7) is 11.0. The Kier molecular flexibility index (Phi) is 5.90. The lowest BCUT2D eigenvalue weighted by molar-refractivity contribution is 0.191. The van der Waals surface area contributed by atoms with E-state index in [0.717, 1.165) is 11.8 Å². The van der Waals surface area contributed by atoms with E-state index in [2.05, 4.69) is 38.6 Å². The van der Waals surface area contributed by atoms with Crippen molar-refractivity contribution in [3.63, 3.8) is 0 Å². The van der Waals surface area contributed by atoms with Gasteiger partial charge >= 0.3 is 0 Å². The summed E-state index contributed by atoms with van der Waals surface area (Å²) in [5.74, 6) is -0.137. The molecule has 0 aliphatic rings. The highest BCUT2D eigenvalue weighted by Crippen LogP contribution is 2.40. The van der Waals surface area contributed by atoms with Crippen LogP contribution in [0.3, 0.4) is 0 Å². The highest BCUT2D eigenvalue weighted by atomic mass is 32.2. The van der Waals surface area contributed by atoms with Gasteiger partial charge in [0.15, 0.2) is 8.32 Å². The number of rotatable bonds is 6. The van der Waals surface area contributed by atoms with Gasteiger partial charge in [-0.25, -0.2) is 8.42 Å². The normalized spacial score (nSPS) is 14.6. The van der Waals surface area contributed by atoms with Crippen molar-refractivity contribution in [1.82, 2.24) is 0 Å². The minimum absolute atomic E-state index is 0.0329. The van der Waals surface area contributed by atoms with Crippen LogP contribution in [-0.2, 0) is 14.4 Å². The summed E-state index contributed by atoms with van der Waals surface area (Å²) in [5.41, 5.74) is 6.73. The molecule has 0 heterocycles. The van der Waals surface area contributed by atoms with Gasteiger partial charge in [-0.2, -0.15) is 0 Å². The van der Waals surface area contributed by atoms with E-state index < -0.39 is 18.3 Å². The van der Waals surface area contributed by atoms with Gasteiger partial charge in [-0.1, -0.05) is 26.8 Å². The molecule has 1 aromatic rings. The lowest BCUT2D eigenvalue weighted by Gasteiger charge is -2.39. The van der Waals surface area contributed by atoms with Crippen molar-refractivity contribution in [2.24, 2.45) is 5.73 Å². The molecule has 4 N–H and O–H groups in total. The minimum atomic E-state index is -3.48. The molecule has 0 radical (unpaired) electrons. The van der Waals surface area contributed by atoms with Crippen molar-refractivity contribution >= 4 is 24.0 Å². The van der Waals surface area contributed by atoms with Crippen LogP contribution in [0.4, 0.5) is 5.69 Å². The van der Waals surface area contributed by atoms with Gasteiger partial charge in [-0.15, -0.1) is 0 Å². The fourth-order valence-electron chi connectivity index (χ4n) is 1.82. The third-order valence-corrected chi connectivity index (χ3v) is 9.22. The van der Waals surface area contributed by atoms with Crippen LogP contribution in [0, 0.1) is 0 Å². The maximum Gasteiger partial charge on any atom is 0.229 e. The molecule has 0 amide bonds. The Morgan fingerprint density at radius 1 is 1.35 bits per heavy atom. The average Bonchev–Trinajstić information content (AvgIpc) is 2.36. The quantitative estimate of drug-likeness (QED) is 0.535. The Balaban J connectivity index is 3.15. The summed E-state index contributed by atoms with van der Waals surface area (Å²) in [4.78, 5) is 0. The highest BCUT2D eigenvalue weighted by Gasteiger charge is 2.39. The van der Waals surface area contributed by atoms with E-state index in [-0.39, 0.29) is 29.1 Å². The van der Waals surface area contributed by atoms with Crippen molar-refractivity contribution in [1.29, 1.82) is 0 Å². The lowest BCUT2D eigenvalue weighted by Crippen LogP contribution is -2.43. The maximum absolute atomic E-state index is 11.4. The highest BCUT2D eigenvalue weighted by molar-refractivity contribution is 7.92. The fourth-order valence-corrected chi connectivity index (χ4v) is 3.68. The van der Waals surface area contributed by atoms with E-state index in [1.807, 2.05) is 0 Å². The molecular formula is C15H28N2O4SSi. The van der Waals surface area contributed by atoms with Gasteiger partial charge < -0.3 is 15.3 Å². The summed E-state index contributed by atoms with van der Waals surface area (Å²) in [7, 11) is -5.51. The van der Waals surface area contributed by atoms with E-state index >= 15 is 0 Å². The molecule has 1 unspecified atom stereocenters. The molecule has 0 saturated heterocycles. The molecule has 6 nitrogen and oxygen atoms in total. The van der Waals surface area contributed by atoms with Crippen LogP contribution in [0.15, 0.2) is 18.2 Å². The van der Waals surface area contributed by atoms with Crippen LogP contribution < -0.4 is 10.5 Å². The number of sulfonamides is 1. The number of hydrogen-bond donors (Lipinski definition) is 3. The first-order valence-electron chi connectivity index (χ1n) is 7.45. The van der Waals surface area contributed by atoms with Crippen LogP contribution in [0.5, 0.6) is 5.75 Å². The summed E-state index contributed by atoms with van der Waals surface area (Å²) in [6.07, 6.45) is 0.683. The zero-order valence-corrected chi connectivity index (χ0v) is 16.5. The number of nitrogens with two attached hydrogens (primary N) is 1. The molecule has 1 rings (SSSR count).